The standard InChI is InChI=1S/C25H33ClO2S2/c1-3-23-9-6-20-19-7-11-25(29-14-15-30-25)16-18(19)4-5-21(20)22(23)8-10-24(23,12-13-26)28-17(2)27/h16,19-22H,3-11,14-15H2,1-2H3/t19-,20+,21+,22-,23-,24+/m0/s1. The third kappa shape index (κ3) is 3.12. The minimum absolute atomic E-state index is 0.0318. The first-order chi connectivity index (χ1) is 14.5. The number of ether oxygens (including phenoxy) is 1. The van der Waals surface area contributed by atoms with Crippen LogP contribution in [0, 0.1) is 40.4 Å². The molecule has 2 nitrogen and oxygen atoms in total. The van der Waals surface area contributed by atoms with Crippen LogP contribution in [0.15, 0.2) is 11.6 Å². The summed E-state index contributed by atoms with van der Waals surface area (Å²) in [6.07, 6.45) is 13.3. The lowest BCUT2D eigenvalue weighted by Gasteiger charge is -2.57. The fraction of sp³-hybridized carbons (Fsp3) is 0.800. The Labute approximate surface area is 195 Å². The van der Waals surface area contributed by atoms with E-state index in [9.17, 15) is 4.79 Å². The van der Waals surface area contributed by atoms with Crippen LogP contribution in [-0.2, 0) is 9.53 Å². The number of allylic oxidation sites excluding steroid dienone is 1. The van der Waals surface area contributed by atoms with Crippen LogP contribution in [0.1, 0.15) is 71.6 Å². The monoisotopic (exact) mass is 464 g/mol. The zero-order valence-corrected chi connectivity index (χ0v) is 20.6. The number of rotatable bonds is 2. The summed E-state index contributed by atoms with van der Waals surface area (Å²) in [4.78, 5) is 12.1. The highest BCUT2D eigenvalue weighted by Crippen LogP contribution is 2.68. The van der Waals surface area contributed by atoms with Gasteiger partial charge in [0.15, 0.2) is 5.60 Å². The van der Waals surface area contributed by atoms with Crippen LogP contribution in [0.25, 0.3) is 0 Å². The third-order valence-electron chi connectivity index (χ3n) is 9.25. The lowest BCUT2D eigenvalue weighted by Crippen LogP contribution is -2.55. The zero-order chi connectivity index (χ0) is 21.0. The van der Waals surface area contributed by atoms with Crippen LogP contribution in [0.3, 0.4) is 0 Å². The molecular formula is C25H33ClO2S2. The van der Waals surface area contributed by atoms with Gasteiger partial charge in [0, 0.05) is 29.2 Å². The number of esters is 1. The quantitative estimate of drug-likeness (QED) is 0.260. The van der Waals surface area contributed by atoms with Gasteiger partial charge in [0.25, 0.3) is 0 Å². The molecule has 1 heterocycles. The third-order valence-corrected chi connectivity index (χ3v) is 12.8. The smallest absolute Gasteiger partial charge is 0.304 e. The summed E-state index contributed by atoms with van der Waals surface area (Å²) in [6.45, 7) is 3.80. The van der Waals surface area contributed by atoms with E-state index < -0.39 is 5.60 Å². The van der Waals surface area contributed by atoms with E-state index in [0.29, 0.717) is 10.00 Å². The minimum Gasteiger partial charge on any atom is -0.445 e. The van der Waals surface area contributed by atoms with Crippen molar-refractivity contribution < 1.29 is 9.53 Å². The molecule has 0 N–H and O–H groups in total. The molecule has 0 aromatic rings. The first-order valence-corrected chi connectivity index (χ1v) is 14.1. The first-order valence-electron chi connectivity index (χ1n) is 11.8. The van der Waals surface area contributed by atoms with E-state index in [-0.39, 0.29) is 11.4 Å². The van der Waals surface area contributed by atoms with Crippen molar-refractivity contribution in [1.29, 1.82) is 0 Å². The average molecular weight is 465 g/mol. The number of halogens is 1. The number of hydrogen-bond acceptors (Lipinski definition) is 4. The van der Waals surface area contributed by atoms with E-state index in [1.54, 1.807) is 5.57 Å². The fourth-order valence-corrected chi connectivity index (χ4v) is 11.6. The molecule has 4 aliphatic carbocycles. The predicted octanol–water partition coefficient (Wildman–Crippen LogP) is 6.63. The van der Waals surface area contributed by atoms with Gasteiger partial charge in [0.1, 0.15) is 0 Å². The second-order valence-corrected chi connectivity index (χ2v) is 13.4. The van der Waals surface area contributed by atoms with Gasteiger partial charge < -0.3 is 4.74 Å². The Hall–Kier alpha value is -0.240. The van der Waals surface area contributed by atoms with Crippen molar-refractivity contribution in [3.63, 3.8) is 0 Å². The number of carbonyl (C=O) groups excluding carboxylic acids is 1. The van der Waals surface area contributed by atoms with Crippen LogP contribution in [0.2, 0.25) is 0 Å². The Morgan fingerprint density at radius 3 is 2.67 bits per heavy atom. The normalized spacial score (nSPS) is 43.6. The van der Waals surface area contributed by atoms with Crippen molar-refractivity contribution in [3.05, 3.63) is 11.6 Å². The molecule has 0 unspecified atom stereocenters. The highest BCUT2D eigenvalue weighted by molar-refractivity contribution is 8.21. The van der Waals surface area contributed by atoms with Gasteiger partial charge in [0.2, 0.25) is 0 Å². The summed E-state index contributed by atoms with van der Waals surface area (Å²) < 4.78 is 6.44. The maximum absolute atomic E-state index is 12.1. The number of carbonyl (C=O) groups is 1. The molecule has 0 bridgehead atoms. The lowest BCUT2D eigenvalue weighted by molar-refractivity contribution is -0.170. The Morgan fingerprint density at radius 2 is 1.97 bits per heavy atom. The molecule has 30 heavy (non-hydrogen) atoms. The van der Waals surface area contributed by atoms with E-state index in [1.807, 2.05) is 0 Å². The topological polar surface area (TPSA) is 26.3 Å². The molecule has 1 saturated heterocycles. The zero-order valence-electron chi connectivity index (χ0n) is 18.2. The molecule has 0 radical (unpaired) electrons. The molecule has 5 rings (SSSR count). The maximum atomic E-state index is 12.1. The summed E-state index contributed by atoms with van der Waals surface area (Å²) in [7, 11) is 0. The highest BCUT2D eigenvalue weighted by atomic mass is 35.5. The molecule has 6 atom stereocenters. The Bertz CT molecular complexity index is 808. The van der Waals surface area contributed by atoms with Gasteiger partial charge in [-0.2, -0.15) is 0 Å². The van der Waals surface area contributed by atoms with Crippen LogP contribution >= 0.6 is 35.1 Å². The summed E-state index contributed by atoms with van der Waals surface area (Å²) in [6, 6.07) is 0. The molecule has 4 fully saturated rings. The van der Waals surface area contributed by atoms with Crippen molar-refractivity contribution in [2.75, 3.05) is 11.5 Å². The number of thioether (sulfide) groups is 2. The van der Waals surface area contributed by atoms with Crippen molar-refractivity contribution >= 4 is 41.1 Å². The summed E-state index contributed by atoms with van der Waals surface area (Å²) >= 11 is 10.3. The summed E-state index contributed by atoms with van der Waals surface area (Å²) in [5, 5.41) is 2.62. The SMILES string of the molecule is CC[C@]12CC[C@H]3[C@@H](CCC4=CC5(CC[C@@H]43)SCCS5)[C@@H]1CC[C@]2(C#CCl)OC(C)=O. The van der Waals surface area contributed by atoms with Gasteiger partial charge in [0.05, 0.1) is 4.08 Å². The molecule has 5 aliphatic rings. The largest absolute Gasteiger partial charge is 0.445 e. The Morgan fingerprint density at radius 1 is 1.17 bits per heavy atom. The molecule has 3 saturated carbocycles. The molecule has 1 spiro atoms. The molecule has 5 heteroatoms. The average Bonchev–Trinajstić information content (AvgIpc) is 3.30. The van der Waals surface area contributed by atoms with E-state index in [4.69, 9.17) is 16.3 Å². The fourth-order valence-electron chi connectivity index (χ4n) is 8.24. The molecule has 0 amide bonds. The number of hydrogen-bond donors (Lipinski definition) is 0. The van der Waals surface area contributed by atoms with Gasteiger partial charge in [-0.3, -0.25) is 4.79 Å². The van der Waals surface area contributed by atoms with E-state index in [0.717, 1.165) is 43.4 Å². The van der Waals surface area contributed by atoms with Crippen molar-refractivity contribution in [1.82, 2.24) is 0 Å². The van der Waals surface area contributed by atoms with Crippen LogP contribution in [-0.4, -0.2) is 27.2 Å². The van der Waals surface area contributed by atoms with E-state index >= 15 is 0 Å². The minimum atomic E-state index is -0.686. The summed E-state index contributed by atoms with van der Waals surface area (Å²) in [5.74, 6) is 8.56. The molecule has 0 aromatic heterocycles. The van der Waals surface area contributed by atoms with Gasteiger partial charge in [-0.05, 0) is 99.0 Å². The van der Waals surface area contributed by atoms with E-state index in [1.165, 1.54) is 50.5 Å². The molecule has 1 aliphatic heterocycles. The summed E-state index contributed by atoms with van der Waals surface area (Å²) in [5.41, 5.74) is 1.06. The van der Waals surface area contributed by atoms with Gasteiger partial charge >= 0.3 is 5.97 Å². The molecule has 164 valence electrons. The van der Waals surface area contributed by atoms with Crippen molar-refractivity contribution in [2.45, 2.75) is 81.3 Å². The number of fused-ring (bicyclic) bond motifs is 5. The van der Waals surface area contributed by atoms with Crippen LogP contribution in [0.4, 0.5) is 0 Å². The van der Waals surface area contributed by atoms with Gasteiger partial charge in [-0.25, -0.2) is 0 Å². The second-order valence-electron chi connectivity index (χ2n) is 10.1. The van der Waals surface area contributed by atoms with Crippen LogP contribution in [0.5, 0.6) is 0 Å². The first kappa shape index (κ1) is 21.6. The Balaban J connectivity index is 1.45. The van der Waals surface area contributed by atoms with Crippen LogP contribution < -0.4 is 0 Å². The Kier molecular flexibility index (Phi) is 5.73. The van der Waals surface area contributed by atoms with Gasteiger partial charge in [-0.15, -0.1) is 23.5 Å². The molecular weight excluding hydrogens is 432 g/mol. The van der Waals surface area contributed by atoms with Crippen molar-refractivity contribution in [3.8, 4) is 11.3 Å². The highest BCUT2D eigenvalue weighted by Gasteiger charge is 2.66. The predicted molar refractivity (Wildman–Crippen MR) is 127 cm³/mol. The lowest BCUT2D eigenvalue weighted by atomic mass is 9.49. The van der Waals surface area contributed by atoms with Crippen molar-refractivity contribution in [2.24, 2.45) is 29.1 Å². The van der Waals surface area contributed by atoms with E-state index in [2.05, 4.69) is 47.8 Å². The van der Waals surface area contributed by atoms with Gasteiger partial charge in [-0.1, -0.05) is 18.6 Å². The second kappa shape index (κ2) is 7.96. The maximum Gasteiger partial charge on any atom is 0.304 e. The molecule has 0 aromatic carbocycles.